The van der Waals surface area contributed by atoms with Crippen molar-refractivity contribution in [3.63, 3.8) is 0 Å². The quantitative estimate of drug-likeness (QED) is 0.705. The van der Waals surface area contributed by atoms with Crippen LogP contribution in [0.25, 0.3) is 0 Å². The van der Waals surface area contributed by atoms with Crippen LogP contribution in [-0.2, 0) is 6.54 Å². The molecule has 19 heavy (non-hydrogen) atoms. The highest BCUT2D eigenvalue weighted by Crippen LogP contribution is 2.20. The van der Waals surface area contributed by atoms with E-state index in [4.69, 9.17) is 10.5 Å². The Labute approximate surface area is 114 Å². The normalized spacial score (nSPS) is 12.7. The molecule has 0 bridgehead atoms. The van der Waals surface area contributed by atoms with Crippen LogP contribution < -0.4 is 10.5 Å². The van der Waals surface area contributed by atoms with Crippen molar-refractivity contribution < 1.29 is 9.53 Å². The smallest absolute Gasteiger partial charge is 0.201 e. The molecule has 1 aromatic heterocycles. The second-order valence-electron chi connectivity index (χ2n) is 4.85. The summed E-state index contributed by atoms with van der Waals surface area (Å²) >= 11 is 0. The number of hydrogen-bond acceptors (Lipinski definition) is 5. The largest absolute Gasteiger partial charge is 0.493 e. The first kappa shape index (κ1) is 15.7. The van der Waals surface area contributed by atoms with Gasteiger partial charge < -0.3 is 15.4 Å². The molecule has 0 aliphatic carbocycles. The number of ketones is 1. The van der Waals surface area contributed by atoms with Crippen molar-refractivity contribution in [1.29, 1.82) is 0 Å². The summed E-state index contributed by atoms with van der Waals surface area (Å²) in [4.78, 5) is 14.4. The number of ether oxygens (including phenoxy) is 1. The minimum atomic E-state index is -0.492. The molecule has 0 fully saturated rings. The molecule has 0 saturated heterocycles. The fourth-order valence-corrected chi connectivity index (χ4v) is 1.85. The summed E-state index contributed by atoms with van der Waals surface area (Å²) in [5.41, 5.74) is 6.39. The molecule has 0 spiro atoms. The average Bonchev–Trinajstić information content (AvgIpc) is 2.78. The maximum atomic E-state index is 12.4. The molecule has 108 valence electrons. The highest BCUT2D eigenvalue weighted by molar-refractivity contribution is 6.00. The Morgan fingerprint density at radius 2 is 2.26 bits per heavy atom. The van der Waals surface area contributed by atoms with Crippen LogP contribution >= 0.6 is 0 Å². The molecule has 1 rings (SSSR count). The van der Waals surface area contributed by atoms with E-state index >= 15 is 0 Å². The van der Waals surface area contributed by atoms with E-state index in [2.05, 4.69) is 5.10 Å². The van der Waals surface area contributed by atoms with Crippen LogP contribution in [0.4, 0.5) is 0 Å². The summed E-state index contributed by atoms with van der Waals surface area (Å²) in [7, 11) is 5.49. The first-order chi connectivity index (χ1) is 9.01. The number of hydrogen-bond donors (Lipinski definition) is 1. The van der Waals surface area contributed by atoms with Crippen LogP contribution in [0.15, 0.2) is 6.20 Å². The fourth-order valence-electron chi connectivity index (χ4n) is 1.85. The first-order valence-electron chi connectivity index (χ1n) is 6.55. The molecule has 1 unspecified atom stereocenters. The summed E-state index contributed by atoms with van der Waals surface area (Å²) in [6.07, 6.45) is 3.11. The van der Waals surface area contributed by atoms with E-state index < -0.39 is 6.04 Å². The number of carbonyl (C=O) groups excluding carboxylic acids is 1. The molecule has 6 heteroatoms. The van der Waals surface area contributed by atoms with Gasteiger partial charge in [-0.2, -0.15) is 5.10 Å². The number of methoxy groups -OCH3 is 1. The Morgan fingerprint density at radius 1 is 1.58 bits per heavy atom. The summed E-state index contributed by atoms with van der Waals surface area (Å²) in [5, 5.41) is 4.21. The maximum absolute atomic E-state index is 12.4. The topological polar surface area (TPSA) is 73.4 Å². The van der Waals surface area contributed by atoms with E-state index in [0.717, 1.165) is 13.0 Å². The van der Waals surface area contributed by atoms with Gasteiger partial charge in [0.25, 0.3) is 0 Å². The van der Waals surface area contributed by atoms with Crippen LogP contribution in [0.5, 0.6) is 5.75 Å². The fraction of sp³-hybridized carbons (Fsp3) is 0.692. The van der Waals surface area contributed by atoms with Crippen LogP contribution in [0.1, 0.15) is 30.3 Å². The molecule has 2 N–H and O–H groups in total. The Balaban J connectivity index is 2.95. The molecule has 0 saturated carbocycles. The van der Waals surface area contributed by atoms with Crippen molar-refractivity contribution in [1.82, 2.24) is 14.7 Å². The molecule has 1 aromatic rings. The zero-order valence-corrected chi connectivity index (χ0v) is 12.2. The van der Waals surface area contributed by atoms with E-state index in [1.807, 2.05) is 25.9 Å². The number of rotatable bonds is 8. The number of nitrogens with zero attached hydrogens (tertiary/aromatic N) is 3. The van der Waals surface area contributed by atoms with Gasteiger partial charge in [0, 0.05) is 6.54 Å². The molecule has 1 atom stereocenters. The van der Waals surface area contributed by atoms with Crippen LogP contribution in [0.2, 0.25) is 0 Å². The molecule has 0 amide bonds. The van der Waals surface area contributed by atoms with Crippen molar-refractivity contribution in [2.75, 3.05) is 27.7 Å². The van der Waals surface area contributed by atoms with Gasteiger partial charge in [0.05, 0.1) is 25.9 Å². The van der Waals surface area contributed by atoms with E-state index in [-0.39, 0.29) is 5.78 Å². The minimum absolute atomic E-state index is 0.102. The summed E-state index contributed by atoms with van der Waals surface area (Å²) in [6, 6.07) is -0.492. The van der Waals surface area contributed by atoms with Gasteiger partial charge >= 0.3 is 0 Å². The highest BCUT2D eigenvalue weighted by Gasteiger charge is 2.24. The lowest BCUT2D eigenvalue weighted by Crippen LogP contribution is -2.33. The SMILES string of the molecule is CCCC(N)C(=O)c1c(OC)cnn1CCN(C)C. The van der Waals surface area contributed by atoms with Crippen LogP contribution in [0.3, 0.4) is 0 Å². The van der Waals surface area contributed by atoms with Gasteiger partial charge in [0.2, 0.25) is 5.78 Å². The molecule has 6 nitrogen and oxygen atoms in total. The van der Waals surface area contributed by atoms with Crippen molar-refractivity contribution in [2.24, 2.45) is 5.73 Å². The predicted molar refractivity (Wildman–Crippen MR) is 74.5 cm³/mol. The average molecular weight is 268 g/mol. The maximum Gasteiger partial charge on any atom is 0.201 e. The minimum Gasteiger partial charge on any atom is -0.493 e. The Hall–Kier alpha value is -1.40. The van der Waals surface area contributed by atoms with Gasteiger partial charge in [0.15, 0.2) is 5.75 Å². The van der Waals surface area contributed by atoms with Crippen molar-refractivity contribution in [3.8, 4) is 5.75 Å². The van der Waals surface area contributed by atoms with Crippen LogP contribution in [-0.4, -0.2) is 54.3 Å². The Kier molecular flexibility index (Phi) is 5.98. The van der Waals surface area contributed by atoms with Gasteiger partial charge in [-0.1, -0.05) is 13.3 Å². The second-order valence-corrected chi connectivity index (χ2v) is 4.85. The lowest BCUT2D eigenvalue weighted by molar-refractivity contribution is 0.0942. The van der Waals surface area contributed by atoms with Gasteiger partial charge in [-0.05, 0) is 20.5 Å². The predicted octanol–water partition coefficient (Wildman–Crippen LogP) is 0.763. The van der Waals surface area contributed by atoms with Crippen molar-refractivity contribution in [2.45, 2.75) is 32.4 Å². The van der Waals surface area contributed by atoms with Gasteiger partial charge in [-0.25, -0.2) is 0 Å². The zero-order valence-electron chi connectivity index (χ0n) is 12.2. The zero-order chi connectivity index (χ0) is 14.4. The Morgan fingerprint density at radius 3 is 2.79 bits per heavy atom. The molecular weight excluding hydrogens is 244 g/mol. The van der Waals surface area contributed by atoms with Crippen LogP contribution in [0, 0.1) is 0 Å². The van der Waals surface area contributed by atoms with Gasteiger partial charge in [0.1, 0.15) is 5.69 Å². The van der Waals surface area contributed by atoms with E-state index in [1.165, 1.54) is 7.11 Å². The van der Waals surface area contributed by atoms with Crippen molar-refractivity contribution >= 4 is 5.78 Å². The van der Waals surface area contributed by atoms with Gasteiger partial charge in [-0.15, -0.1) is 0 Å². The highest BCUT2D eigenvalue weighted by atomic mass is 16.5. The van der Waals surface area contributed by atoms with Gasteiger partial charge in [-0.3, -0.25) is 9.48 Å². The molecule has 0 aliphatic heterocycles. The second kappa shape index (κ2) is 7.25. The number of likely N-dealkylation sites (N-methyl/N-ethyl adjacent to an activating group) is 1. The van der Waals surface area contributed by atoms with E-state index in [0.29, 0.717) is 24.4 Å². The van der Waals surface area contributed by atoms with Crippen molar-refractivity contribution in [3.05, 3.63) is 11.9 Å². The number of Topliss-reactive ketones (excluding diaryl/α,β-unsaturated/α-hetero) is 1. The summed E-state index contributed by atoms with van der Waals surface area (Å²) in [5.74, 6) is 0.394. The summed E-state index contributed by atoms with van der Waals surface area (Å²) in [6.45, 7) is 3.44. The lowest BCUT2D eigenvalue weighted by Gasteiger charge is -2.14. The van der Waals surface area contributed by atoms with E-state index in [9.17, 15) is 4.79 Å². The third-order valence-electron chi connectivity index (χ3n) is 2.95. The molecule has 0 aliphatic rings. The Bertz CT molecular complexity index is 415. The third-order valence-corrected chi connectivity index (χ3v) is 2.95. The summed E-state index contributed by atoms with van der Waals surface area (Å²) < 4.78 is 6.89. The molecule has 0 aromatic carbocycles. The number of carbonyl (C=O) groups is 1. The number of nitrogens with two attached hydrogens (primary N) is 1. The first-order valence-corrected chi connectivity index (χ1v) is 6.55. The lowest BCUT2D eigenvalue weighted by atomic mass is 10.1. The molecule has 1 heterocycles. The monoisotopic (exact) mass is 268 g/mol. The standard InChI is InChI=1S/C13H24N4O2/c1-5-6-10(14)13(18)12-11(19-4)9-15-17(12)8-7-16(2)3/h9-10H,5-8,14H2,1-4H3. The van der Waals surface area contributed by atoms with E-state index in [1.54, 1.807) is 10.9 Å². The molecular formula is C13H24N4O2. The number of aromatic nitrogens is 2. The third kappa shape index (κ3) is 4.04. The molecule has 0 radical (unpaired) electrons.